The molecule has 4 aliphatic rings. The highest BCUT2D eigenvalue weighted by molar-refractivity contribution is 8.02. The Morgan fingerprint density at radius 2 is 1.86 bits per heavy atom. The number of esters is 1. The van der Waals surface area contributed by atoms with Crippen LogP contribution >= 0.6 is 11.8 Å². The molecule has 2 amide bonds. The Hall–Kier alpha value is -1.80. The molecule has 35 heavy (non-hydrogen) atoms. The summed E-state index contributed by atoms with van der Waals surface area (Å²) in [5.41, 5.74) is -0.388. The maximum Gasteiger partial charge on any atom is 0.311 e. The normalized spacial score (nSPS) is 34.2. The summed E-state index contributed by atoms with van der Waals surface area (Å²) in [4.78, 5) is 45.2. The lowest BCUT2D eigenvalue weighted by Crippen LogP contribution is -2.57. The van der Waals surface area contributed by atoms with Crippen LogP contribution in [0.5, 0.6) is 0 Å². The summed E-state index contributed by atoms with van der Waals surface area (Å²) in [7, 11) is 0. The number of unbranched alkanes of at least 4 members (excludes halogenated alkanes) is 3. The summed E-state index contributed by atoms with van der Waals surface area (Å²) in [6.07, 6.45) is 14.2. The fraction of sp³-hybridized carbons (Fsp3) is 0.741. The molecule has 7 nitrogen and oxygen atoms in total. The zero-order valence-corrected chi connectivity index (χ0v) is 22.1. The zero-order chi connectivity index (χ0) is 25.2. The Bertz CT molecular complexity index is 881. The molecule has 2 saturated heterocycles. The maximum absolute atomic E-state index is 14.1. The monoisotopic (exact) mass is 504 g/mol. The number of nitrogens with zero attached hydrogens (tertiary/aromatic N) is 2. The number of fused-ring (bicyclic) bond motifs is 2. The number of thioether (sulfide) groups is 1. The van der Waals surface area contributed by atoms with Gasteiger partial charge in [-0.2, -0.15) is 0 Å². The van der Waals surface area contributed by atoms with Crippen molar-refractivity contribution in [3.05, 3.63) is 24.3 Å². The fourth-order valence-electron chi connectivity index (χ4n) is 6.01. The van der Waals surface area contributed by atoms with Gasteiger partial charge in [-0.1, -0.05) is 37.1 Å². The minimum atomic E-state index is -0.786. The summed E-state index contributed by atoms with van der Waals surface area (Å²) in [5, 5.41) is 8.90. The van der Waals surface area contributed by atoms with Crippen LogP contribution in [0.25, 0.3) is 0 Å². The molecular formula is C27H40N2O5S. The van der Waals surface area contributed by atoms with Gasteiger partial charge in [0.1, 0.15) is 6.04 Å². The molecule has 8 heteroatoms. The molecule has 4 heterocycles. The summed E-state index contributed by atoms with van der Waals surface area (Å²) in [5.74, 6) is -1.67. The molecular weight excluding hydrogens is 464 g/mol. The first kappa shape index (κ1) is 26.3. The number of aliphatic hydroxyl groups excluding tert-OH is 1. The molecule has 5 atom stereocenters. The van der Waals surface area contributed by atoms with Crippen LogP contribution in [0, 0.1) is 11.8 Å². The molecule has 4 rings (SSSR count). The third-order valence-corrected chi connectivity index (χ3v) is 9.46. The lowest BCUT2D eigenvalue weighted by Gasteiger charge is -2.40. The van der Waals surface area contributed by atoms with Crippen LogP contribution < -0.4 is 0 Å². The second kappa shape index (κ2) is 10.7. The van der Waals surface area contributed by atoms with Crippen molar-refractivity contribution in [2.75, 3.05) is 26.3 Å². The van der Waals surface area contributed by atoms with Crippen LogP contribution in [-0.2, 0) is 19.1 Å². The van der Waals surface area contributed by atoms with Crippen LogP contribution in [0.3, 0.4) is 0 Å². The third kappa shape index (κ3) is 4.93. The molecule has 0 saturated carbocycles. The number of cyclic esters (lactones) is 1. The van der Waals surface area contributed by atoms with Crippen LogP contribution in [0.15, 0.2) is 24.3 Å². The summed E-state index contributed by atoms with van der Waals surface area (Å²) in [6, 6.07) is -0.639. The Labute approximate surface area is 213 Å². The second-order valence-corrected chi connectivity index (χ2v) is 12.6. The van der Waals surface area contributed by atoms with Crippen LogP contribution in [0.2, 0.25) is 0 Å². The molecule has 0 aromatic rings. The van der Waals surface area contributed by atoms with E-state index in [9.17, 15) is 14.4 Å². The van der Waals surface area contributed by atoms with Crippen LogP contribution in [0.1, 0.15) is 65.7 Å². The lowest BCUT2D eigenvalue weighted by molar-refractivity contribution is -0.153. The van der Waals surface area contributed by atoms with E-state index in [4.69, 9.17) is 9.84 Å². The Balaban J connectivity index is 1.73. The van der Waals surface area contributed by atoms with Gasteiger partial charge in [-0.05, 0) is 52.9 Å². The molecule has 0 aromatic carbocycles. The van der Waals surface area contributed by atoms with E-state index in [0.29, 0.717) is 19.7 Å². The topological polar surface area (TPSA) is 87.2 Å². The molecule has 0 radical (unpaired) electrons. The molecule has 194 valence electrons. The molecule has 0 aromatic heterocycles. The number of aliphatic hydroxyl groups is 1. The SMILES string of the molecule is CC(C)(C)N1CC=C[C@]23S[C@@H]4/C=C\CCCCOC(=O)[C@@H]4[C@H]2C(=O)N(CCCCCCO)C3C1=O. The summed E-state index contributed by atoms with van der Waals surface area (Å²) < 4.78 is 4.87. The Kier molecular flexibility index (Phi) is 8.01. The summed E-state index contributed by atoms with van der Waals surface area (Å²) >= 11 is 1.61. The zero-order valence-electron chi connectivity index (χ0n) is 21.3. The molecule has 4 aliphatic heterocycles. The highest BCUT2D eigenvalue weighted by Crippen LogP contribution is 2.60. The lowest BCUT2D eigenvalue weighted by atomic mass is 9.78. The molecule has 1 unspecified atom stereocenters. The molecule has 0 aliphatic carbocycles. The van der Waals surface area contributed by atoms with Crippen LogP contribution in [-0.4, -0.2) is 80.6 Å². The van der Waals surface area contributed by atoms with E-state index in [1.165, 1.54) is 0 Å². The van der Waals surface area contributed by atoms with E-state index >= 15 is 0 Å². The van der Waals surface area contributed by atoms with Gasteiger partial charge in [0, 0.05) is 30.5 Å². The molecule has 2 fully saturated rings. The van der Waals surface area contributed by atoms with Gasteiger partial charge in [-0.15, -0.1) is 11.8 Å². The number of carbonyl (C=O) groups excluding carboxylic acids is 3. The van der Waals surface area contributed by atoms with E-state index in [1.54, 1.807) is 16.7 Å². The van der Waals surface area contributed by atoms with Crippen molar-refractivity contribution in [3.63, 3.8) is 0 Å². The number of hydrogen-bond donors (Lipinski definition) is 1. The van der Waals surface area contributed by atoms with Gasteiger partial charge < -0.3 is 19.6 Å². The molecule has 1 N–H and O–H groups in total. The number of amides is 2. The second-order valence-electron chi connectivity index (χ2n) is 11.1. The summed E-state index contributed by atoms with van der Waals surface area (Å²) in [6.45, 7) is 7.57. The van der Waals surface area contributed by atoms with Gasteiger partial charge in [0.15, 0.2) is 0 Å². The van der Waals surface area contributed by atoms with Crippen molar-refractivity contribution in [2.24, 2.45) is 11.8 Å². The van der Waals surface area contributed by atoms with Gasteiger partial charge in [0.2, 0.25) is 11.8 Å². The van der Waals surface area contributed by atoms with E-state index < -0.39 is 22.6 Å². The van der Waals surface area contributed by atoms with E-state index in [1.807, 2.05) is 31.7 Å². The first-order valence-corrected chi connectivity index (χ1v) is 14.0. The van der Waals surface area contributed by atoms with Crippen molar-refractivity contribution in [3.8, 4) is 0 Å². The highest BCUT2D eigenvalue weighted by atomic mass is 32.2. The van der Waals surface area contributed by atoms with E-state index in [2.05, 4.69) is 18.2 Å². The van der Waals surface area contributed by atoms with Crippen molar-refractivity contribution >= 4 is 29.5 Å². The van der Waals surface area contributed by atoms with Gasteiger partial charge in [0.05, 0.1) is 23.2 Å². The van der Waals surface area contributed by atoms with Crippen molar-refractivity contribution in [1.29, 1.82) is 0 Å². The van der Waals surface area contributed by atoms with Gasteiger partial charge in [-0.3, -0.25) is 14.4 Å². The number of rotatable bonds is 6. The van der Waals surface area contributed by atoms with Gasteiger partial charge in [-0.25, -0.2) is 0 Å². The van der Waals surface area contributed by atoms with Gasteiger partial charge >= 0.3 is 5.97 Å². The minimum Gasteiger partial charge on any atom is -0.465 e. The first-order chi connectivity index (χ1) is 16.7. The number of carbonyl (C=O) groups is 3. The third-order valence-electron chi connectivity index (χ3n) is 7.72. The van der Waals surface area contributed by atoms with Crippen molar-refractivity contribution < 1.29 is 24.2 Å². The smallest absolute Gasteiger partial charge is 0.311 e. The van der Waals surface area contributed by atoms with Crippen molar-refractivity contribution in [1.82, 2.24) is 9.80 Å². The molecule has 0 bridgehead atoms. The highest BCUT2D eigenvalue weighted by Gasteiger charge is 2.71. The maximum atomic E-state index is 14.1. The Morgan fingerprint density at radius 3 is 2.60 bits per heavy atom. The van der Waals surface area contributed by atoms with Gasteiger partial charge in [0.25, 0.3) is 0 Å². The fourth-order valence-corrected chi connectivity index (χ4v) is 8.01. The first-order valence-electron chi connectivity index (χ1n) is 13.1. The predicted molar refractivity (Wildman–Crippen MR) is 137 cm³/mol. The molecule has 1 spiro atoms. The quantitative estimate of drug-likeness (QED) is 0.339. The minimum absolute atomic E-state index is 0.0396. The predicted octanol–water partition coefficient (Wildman–Crippen LogP) is 3.32. The number of hydrogen-bond acceptors (Lipinski definition) is 6. The van der Waals surface area contributed by atoms with E-state index in [0.717, 1.165) is 44.9 Å². The average Bonchev–Trinajstić information content (AvgIpc) is 3.17. The van der Waals surface area contributed by atoms with E-state index in [-0.39, 0.29) is 35.2 Å². The Morgan fingerprint density at radius 1 is 1.09 bits per heavy atom. The van der Waals surface area contributed by atoms with Crippen molar-refractivity contribution in [2.45, 2.75) is 87.3 Å². The van der Waals surface area contributed by atoms with Crippen LogP contribution in [0.4, 0.5) is 0 Å². The number of ether oxygens (including phenoxy) is 1. The average molecular weight is 505 g/mol. The number of allylic oxidation sites excluding steroid dienone is 1. The largest absolute Gasteiger partial charge is 0.465 e. The standard InChI is InChI=1S/C27H40N2O5S/c1-26(2,3)29-16-12-14-27-21(20-19(35-27)13-8-4-7-11-18-34-25(20)33)23(31)28(22(27)24(29)32)15-9-5-6-10-17-30/h8,12-14,19-22,30H,4-7,9-11,15-18H2,1-3H3/b13-8-/t19-,20+,21+,22?,27+/m1/s1. The number of likely N-dealkylation sites (tertiary alicyclic amines) is 1.